The molecule has 0 aromatic carbocycles. The number of carbonyl (C=O) groups is 1. The zero-order valence-electron chi connectivity index (χ0n) is 9.94. The Morgan fingerprint density at radius 1 is 1.50 bits per heavy atom. The molecule has 0 atom stereocenters. The van der Waals surface area contributed by atoms with E-state index in [4.69, 9.17) is 11.6 Å². The van der Waals surface area contributed by atoms with E-state index in [-0.39, 0.29) is 12.2 Å². The summed E-state index contributed by atoms with van der Waals surface area (Å²) < 4.78 is 2.58. The van der Waals surface area contributed by atoms with Gasteiger partial charge in [0.05, 0.1) is 22.3 Å². The summed E-state index contributed by atoms with van der Waals surface area (Å²) in [6.45, 7) is 1.89. The van der Waals surface area contributed by atoms with E-state index in [1.807, 2.05) is 14.0 Å². The second-order valence-corrected chi connectivity index (χ2v) is 5.12. The van der Waals surface area contributed by atoms with E-state index in [1.54, 1.807) is 16.8 Å². The third kappa shape index (κ3) is 2.62. The summed E-state index contributed by atoms with van der Waals surface area (Å²) in [5.74, 6) is -0.0112. The Morgan fingerprint density at radius 3 is 2.72 bits per heavy atom. The lowest BCUT2D eigenvalue weighted by atomic mass is 10.1. The van der Waals surface area contributed by atoms with Crippen LogP contribution < -0.4 is 0 Å². The number of carbonyl (C=O) groups excluding carboxylic acids is 1. The minimum Gasteiger partial charge on any atom is -0.294 e. The third-order valence-electron chi connectivity index (χ3n) is 2.64. The minimum absolute atomic E-state index is 0.0112. The number of hydrogen-bond acceptors (Lipinski definition) is 3. The summed E-state index contributed by atoms with van der Waals surface area (Å²) in [5.41, 5.74) is 2.27. The molecule has 2 aromatic rings. The number of halogens is 2. The van der Waals surface area contributed by atoms with Crippen LogP contribution in [0, 0.1) is 6.92 Å². The van der Waals surface area contributed by atoms with Gasteiger partial charge in [0.2, 0.25) is 0 Å². The quantitative estimate of drug-likeness (QED) is 0.643. The van der Waals surface area contributed by atoms with Crippen molar-refractivity contribution in [1.82, 2.24) is 14.8 Å². The Kier molecular flexibility index (Phi) is 3.82. The van der Waals surface area contributed by atoms with Crippen molar-refractivity contribution >= 4 is 33.3 Å². The molecule has 0 aliphatic rings. The molecule has 0 saturated carbocycles. The maximum absolute atomic E-state index is 12.1. The molecule has 0 spiro atoms. The number of ketones is 1. The SMILES string of the molecule is Cc1nn(C)c(CC(=O)c2ccc(Cl)nc2)c1Br. The molecule has 2 rings (SSSR count). The normalized spacial score (nSPS) is 10.7. The third-order valence-corrected chi connectivity index (χ3v) is 3.89. The highest BCUT2D eigenvalue weighted by Crippen LogP contribution is 2.21. The number of nitrogens with zero attached hydrogens (tertiary/aromatic N) is 3. The molecule has 4 nitrogen and oxygen atoms in total. The average molecular weight is 329 g/mol. The van der Waals surface area contributed by atoms with Gasteiger partial charge in [-0.25, -0.2) is 4.98 Å². The van der Waals surface area contributed by atoms with Gasteiger partial charge in [-0.1, -0.05) is 11.6 Å². The van der Waals surface area contributed by atoms with Gasteiger partial charge in [-0.3, -0.25) is 9.48 Å². The number of pyridine rings is 1. The minimum atomic E-state index is -0.0112. The van der Waals surface area contributed by atoms with Gasteiger partial charge in [-0.15, -0.1) is 0 Å². The first-order chi connectivity index (χ1) is 8.49. The molecule has 18 heavy (non-hydrogen) atoms. The molecule has 0 N–H and O–H groups in total. The van der Waals surface area contributed by atoms with Gasteiger partial charge in [0.1, 0.15) is 5.15 Å². The van der Waals surface area contributed by atoms with E-state index >= 15 is 0 Å². The van der Waals surface area contributed by atoms with Crippen LogP contribution >= 0.6 is 27.5 Å². The number of aryl methyl sites for hydroxylation is 2. The Bertz CT molecular complexity index is 592. The summed E-state index contributed by atoms with van der Waals surface area (Å²) in [6.07, 6.45) is 1.77. The Hall–Kier alpha value is -1.20. The predicted octanol–water partition coefficient (Wildman–Crippen LogP) is 2.96. The fraction of sp³-hybridized carbons (Fsp3) is 0.250. The predicted molar refractivity (Wildman–Crippen MR) is 72.9 cm³/mol. The Morgan fingerprint density at radius 2 is 2.22 bits per heavy atom. The first-order valence-electron chi connectivity index (χ1n) is 5.31. The molecule has 0 saturated heterocycles. The van der Waals surface area contributed by atoms with Gasteiger partial charge in [0.15, 0.2) is 5.78 Å². The van der Waals surface area contributed by atoms with Crippen LogP contribution in [0.4, 0.5) is 0 Å². The second-order valence-electron chi connectivity index (χ2n) is 3.94. The fourth-order valence-corrected chi connectivity index (χ4v) is 2.25. The second kappa shape index (κ2) is 5.20. The molecule has 0 aliphatic heterocycles. The van der Waals surface area contributed by atoms with Crippen LogP contribution in [0.3, 0.4) is 0 Å². The number of rotatable bonds is 3. The van der Waals surface area contributed by atoms with E-state index in [0.29, 0.717) is 10.7 Å². The summed E-state index contributed by atoms with van der Waals surface area (Å²) in [4.78, 5) is 16.0. The van der Waals surface area contributed by atoms with Gasteiger partial charge < -0.3 is 0 Å². The van der Waals surface area contributed by atoms with E-state index in [9.17, 15) is 4.79 Å². The highest BCUT2D eigenvalue weighted by Gasteiger charge is 2.15. The summed E-state index contributed by atoms with van der Waals surface area (Å²) in [7, 11) is 1.82. The molecule has 0 unspecified atom stereocenters. The van der Waals surface area contributed by atoms with E-state index in [0.717, 1.165) is 15.9 Å². The lowest BCUT2D eigenvalue weighted by molar-refractivity contribution is 0.0990. The molecule has 2 aromatic heterocycles. The van der Waals surface area contributed by atoms with E-state index in [1.165, 1.54) is 6.20 Å². The molecular formula is C12H11BrClN3O. The molecular weight excluding hydrogens is 318 g/mol. The van der Waals surface area contributed by atoms with Crippen molar-refractivity contribution < 1.29 is 4.79 Å². The smallest absolute Gasteiger partial charge is 0.170 e. The van der Waals surface area contributed by atoms with E-state index < -0.39 is 0 Å². The van der Waals surface area contributed by atoms with Crippen LogP contribution in [0.5, 0.6) is 0 Å². The molecule has 0 radical (unpaired) electrons. The first kappa shape index (κ1) is 13.2. The molecule has 2 heterocycles. The van der Waals surface area contributed by atoms with Crippen molar-refractivity contribution in [3.63, 3.8) is 0 Å². The zero-order valence-corrected chi connectivity index (χ0v) is 12.3. The van der Waals surface area contributed by atoms with Crippen LogP contribution in [-0.4, -0.2) is 20.5 Å². The lowest BCUT2D eigenvalue weighted by Crippen LogP contribution is -2.08. The maximum Gasteiger partial charge on any atom is 0.170 e. The molecule has 0 bridgehead atoms. The van der Waals surface area contributed by atoms with E-state index in [2.05, 4.69) is 26.0 Å². The first-order valence-corrected chi connectivity index (χ1v) is 6.49. The number of hydrogen-bond donors (Lipinski definition) is 0. The van der Waals surface area contributed by atoms with Crippen LogP contribution in [0.2, 0.25) is 5.15 Å². The molecule has 0 amide bonds. The van der Waals surface area contributed by atoms with Gasteiger partial charge in [0.25, 0.3) is 0 Å². The lowest BCUT2D eigenvalue weighted by Gasteiger charge is -2.03. The van der Waals surface area contributed by atoms with Crippen molar-refractivity contribution in [3.8, 4) is 0 Å². The Labute approximate surface area is 118 Å². The highest BCUT2D eigenvalue weighted by molar-refractivity contribution is 9.10. The molecule has 6 heteroatoms. The maximum atomic E-state index is 12.1. The van der Waals surface area contributed by atoms with Crippen molar-refractivity contribution in [2.45, 2.75) is 13.3 Å². The number of aromatic nitrogens is 3. The van der Waals surface area contributed by atoms with Crippen LogP contribution in [-0.2, 0) is 13.5 Å². The summed E-state index contributed by atoms with van der Waals surface area (Å²) in [5, 5.41) is 4.63. The van der Waals surface area contributed by atoms with Crippen LogP contribution in [0.15, 0.2) is 22.8 Å². The molecule has 94 valence electrons. The Balaban J connectivity index is 2.24. The largest absolute Gasteiger partial charge is 0.294 e. The fourth-order valence-electron chi connectivity index (χ4n) is 1.67. The van der Waals surface area contributed by atoms with Crippen molar-refractivity contribution in [1.29, 1.82) is 0 Å². The summed E-state index contributed by atoms with van der Waals surface area (Å²) >= 11 is 9.13. The van der Waals surface area contributed by atoms with Crippen LogP contribution in [0.1, 0.15) is 21.7 Å². The van der Waals surface area contributed by atoms with Gasteiger partial charge in [-0.2, -0.15) is 5.10 Å². The standard InChI is InChI=1S/C12H11BrClN3O/c1-7-12(13)9(17(2)16-7)5-10(18)8-3-4-11(14)15-6-8/h3-4,6H,5H2,1-2H3. The van der Waals surface area contributed by atoms with Crippen molar-refractivity contribution in [2.24, 2.45) is 7.05 Å². The molecule has 0 aliphatic carbocycles. The van der Waals surface area contributed by atoms with Crippen molar-refractivity contribution in [3.05, 3.63) is 44.9 Å². The zero-order chi connectivity index (χ0) is 13.3. The summed E-state index contributed by atoms with van der Waals surface area (Å²) in [6, 6.07) is 3.28. The number of Topliss-reactive ketones (excluding diaryl/α,β-unsaturated/α-hetero) is 1. The van der Waals surface area contributed by atoms with Crippen molar-refractivity contribution in [2.75, 3.05) is 0 Å². The van der Waals surface area contributed by atoms with Gasteiger partial charge in [-0.05, 0) is 35.0 Å². The molecule has 0 fully saturated rings. The van der Waals surface area contributed by atoms with Gasteiger partial charge >= 0.3 is 0 Å². The monoisotopic (exact) mass is 327 g/mol. The average Bonchev–Trinajstić information content (AvgIpc) is 2.57. The van der Waals surface area contributed by atoms with Crippen LogP contribution in [0.25, 0.3) is 0 Å². The van der Waals surface area contributed by atoms with Gasteiger partial charge in [0, 0.05) is 18.8 Å². The topological polar surface area (TPSA) is 47.8 Å². The highest BCUT2D eigenvalue weighted by atomic mass is 79.9.